The molecule has 0 aliphatic heterocycles. The summed E-state index contributed by atoms with van der Waals surface area (Å²) in [5, 5.41) is 11.7. The predicted octanol–water partition coefficient (Wildman–Crippen LogP) is 5.88. The van der Waals surface area contributed by atoms with Crippen LogP contribution in [0.4, 0.5) is 0 Å². The molecule has 4 rings (SSSR count). The molecule has 4 aromatic heterocycles. The Balaban J connectivity index is 0.000000309. The van der Waals surface area contributed by atoms with Gasteiger partial charge in [0, 0.05) is 50.8 Å². The van der Waals surface area contributed by atoms with Gasteiger partial charge >= 0.3 is 0 Å². The standard InChI is InChI=1S/C17H21N4O2P.C10H8N2.Ru/c1-3-21-24(22-10-4-7-18)23-13-15-6-9-20-17(12-15)16-11-14(2)5-8-19-16;1-3-7-11-9(5-1)10-6-2-4-8-12-10;/h5-6,8-9,11-12,21H,3-4,10,13H2,1-2H3;1-8H;. The van der Waals surface area contributed by atoms with Gasteiger partial charge in [-0.2, -0.15) is 5.26 Å². The van der Waals surface area contributed by atoms with Crippen molar-refractivity contribution in [3.63, 3.8) is 0 Å². The minimum Gasteiger partial charge on any atom is -0.321 e. The van der Waals surface area contributed by atoms with Crippen LogP contribution < -0.4 is 5.09 Å². The molecule has 0 bridgehead atoms. The van der Waals surface area contributed by atoms with Crippen LogP contribution in [0.25, 0.3) is 22.8 Å². The van der Waals surface area contributed by atoms with Crippen molar-refractivity contribution in [2.75, 3.05) is 13.2 Å². The average Bonchev–Trinajstić information content (AvgIpc) is 2.93. The number of nitrogens with one attached hydrogen (secondary N) is 1. The van der Waals surface area contributed by atoms with Crippen molar-refractivity contribution >= 4 is 8.53 Å². The zero-order valence-electron chi connectivity index (χ0n) is 20.8. The van der Waals surface area contributed by atoms with Crippen LogP contribution in [-0.4, -0.2) is 33.1 Å². The summed E-state index contributed by atoms with van der Waals surface area (Å²) in [7, 11) is -1.20. The molecule has 4 heterocycles. The molecule has 0 aromatic carbocycles. The van der Waals surface area contributed by atoms with Gasteiger partial charge in [0.1, 0.15) is 0 Å². The molecule has 0 spiro atoms. The van der Waals surface area contributed by atoms with Crippen molar-refractivity contribution in [3.05, 3.63) is 96.6 Å². The molecule has 4 aromatic rings. The SMILES string of the molecule is CCNP(OCCC#N)OCc1ccnc(-c2cc(C)ccn2)c1.[Ru].c1ccc(-c2ccccn2)nc1. The fourth-order valence-corrected chi connectivity index (χ4v) is 4.01. The predicted molar refractivity (Wildman–Crippen MR) is 141 cm³/mol. The number of rotatable bonds is 10. The topological polar surface area (TPSA) is 106 Å². The van der Waals surface area contributed by atoms with E-state index < -0.39 is 8.53 Å². The van der Waals surface area contributed by atoms with Crippen LogP contribution in [-0.2, 0) is 35.1 Å². The van der Waals surface area contributed by atoms with Crippen LogP contribution in [0, 0.1) is 18.3 Å². The summed E-state index contributed by atoms with van der Waals surface area (Å²) in [6.07, 6.45) is 7.42. The number of hydrogen-bond donors (Lipinski definition) is 1. The first-order valence-electron chi connectivity index (χ1n) is 11.6. The summed E-state index contributed by atoms with van der Waals surface area (Å²) in [6, 6.07) is 21.5. The van der Waals surface area contributed by atoms with E-state index in [-0.39, 0.29) is 19.5 Å². The van der Waals surface area contributed by atoms with Crippen LogP contribution in [0.5, 0.6) is 0 Å². The fraction of sp³-hybridized carbons (Fsp3) is 0.222. The Kier molecular flexibility index (Phi) is 14.3. The van der Waals surface area contributed by atoms with Gasteiger partial charge < -0.3 is 9.05 Å². The van der Waals surface area contributed by atoms with Crippen LogP contribution in [0.3, 0.4) is 0 Å². The monoisotopic (exact) mass is 602 g/mol. The van der Waals surface area contributed by atoms with Crippen molar-refractivity contribution in [2.45, 2.75) is 26.9 Å². The Morgan fingerprint density at radius 1 is 0.811 bits per heavy atom. The summed E-state index contributed by atoms with van der Waals surface area (Å²) in [5.74, 6) is 0. The third-order valence-electron chi connectivity index (χ3n) is 4.65. The molecule has 0 saturated carbocycles. The van der Waals surface area contributed by atoms with E-state index >= 15 is 0 Å². The summed E-state index contributed by atoms with van der Waals surface area (Å²) >= 11 is 0. The zero-order chi connectivity index (χ0) is 25.4. The Morgan fingerprint density at radius 3 is 2.00 bits per heavy atom. The second-order valence-electron chi connectivity index (χ2n) is 7.48. The molecule has 192 valence electrons. The number of aromatic nitrogens is 4. The summed E-state index contributed by atoms with van der Waals surface area (Å²) in [4.78, 5) is 17.1. The quantitative estimate of drug-likeness (QED) is 0.137. The van der Waals surface area contributed by atoms with Gasteiger partial charge in [0.2, 0.25) is 0 Å². The van der Waals surface area contributed by atoms with Gasteiger partial charge in [-0.05, 0) is 66.6 Å². The first kappa shape index (κ1) is 30.2. The number of nitriles is 1. The maximum absolute atomic E-state index is 8.58. The molecule has 10 heteroatoms. The molecule has 8 nitrogen and oxygen atoms in total. The first-order valence-corrected chi connectivity index (χ1v) is 12.7. The van der Waals surface area contributed by atoms with Crippen LogP contribution in [0.15, 0.2) is 85.5 Å². The molecular weight excluding hydrogens is 572 g/mol. The molecule has 0 fully saturated rings. The van der Waals surface area contributed by atoms with Crippen molar-refractivity contribution in [3.8, 4) is 28.8 Å². The number of hydrogen-bond acceptors (Lipinski definition) is 8. The Labute approximate surface area is 232 Å². The summed E-state index contributed by atoms with van der Waals surface area (Å²) in [6.45, 7) is 5.53. The van der Waals surface area contributed by atoms with Gasteiger partial charge in [0.15, 0.2) is 0 Å². The van der Waals surface area contributed by atoms with Gasteiger partial charge in [-0.1, -0.05) is 19.1 Å². The van der Waals surface area contributed by atoms with Gasteiger partial charge in [-0.25, -0.2) is 0 Å². The molecule has 0 amide bonds. The van der Waals surface area contributed by atoms with Crippen LogP contribution >= 0.6 is 8.53 Å². The number of aryl methyl sites for hydroxylation is 1. The minimum absolute atomic E-state index is 0. The van der Waals surface area contributed by atoms with Crippen molar-refractivity contribution in [2.24, 2.45) is 0 Å². The number of nitrogens with zero attached hydrogens (tertiary/aromatic N) is 5. The second-order valence-corrected chi connectivity index (χ2v) is 8.83. The third-order valence-corrected chi connectivity index (χ3v) is 6.01. The molecule has 1 unspecified atom stereocenters. The zero-order valence-corrected chi connectivity index (χ0v) is 23.4. The Hall–Kier alpha value is -2.98. The van der Waals surface area contributed by atoms with Gasteiger partial charge in [0.25, 0.3) is 8.53 Å². The van der Waals surface area contributed by atoms with E-state index in [9.17, 15) is 0 Å². The van der Waals surface area contributed by atoms with E-state index in [4.69, 9.17) is 14.3 Å². The van der Waals surface area contributed by atoms with E-state index in [1.54, 1.807) is 24.8 Å². The van der Waals surface area contributed by atoms with Gasteiger partial charge in [-0.15, -0.1) is 0 Å². The molecule has 1 N–H and O–H groups in total. The largest absolute Gasteiger partial charge is 0.321 e. The van der Waals surface area contributed by atoms with Gasteiger partial charge in [-0.3, -0.25) is 25.0 Å². The summed E-state index contributed by atoms with van der Waals surface area (Å²) < 4.78 is 11.4. The maximum Gasteiger partial charge on any atom is 0.256 e. The van der Waals surface area contributed by atoms with Gasteiger partial charge in [0.05, 0.1) is 48.5 Å². The maximum atomic E-state index is 8.58. The minimum atomic E-state index is -1.20. The van der Waals surface area contributed by atoms with E-state index in [1.165, 1.54) is 0 Å². The van der Waals surface area contributed by atoms with E-state index in [1.807, 2.05) is 74.5 Å². The van der Waals surface area contributed by atoms with Crippen LogP contribution in [0.2, 0.25) is 0 Å². The fourth-order valence-electron chi connectivity index (χ4n) is 2.97. The Bertz CT molecular complexity index is 1190. The molecule has 0 aliphatic rings. The van der Waals surface area contributed by atoms with Crippen molar-refractivity contribution in [1.29, 1.82) is 5.26 Å². The second kappa shape index (κ2) is 17.5. The Morgan fingerprint density at radius 2 is 1.43 bits per heavy atom. The average molecular weight is 602 g/mol. The third kappa shape index (κ3) is 10.9. The first-order chi connectivity index (χ1) is 17.7. The number of pyridine rings is 4. The van der Waals surface area contributed by atoms with E-state index in [0.29, 0.717) is 19.6 Å². The van der Waals surface area contributed by atoms with E-state index in [0.717, 1.165) is 40.4 Å². The molecule has 0 saturated heterocycles. The molecule has 0 aliphatic carbocycles. The molecule has 1 atom stereocenters. The summed E-state index contributed by atoms with van der Waals surface area (Å²) in [5.41, 5.74) is 5.63. The molecule has 0 radical (unpaired) electrons. The van der Waals surface area contributed by atoms with Crippen LogP contribution in [0.1, 0.15) is 24.5 Å². The normalized spacial score (nSPS) is 10.8. The molecule has 37 heavy (non-hydrogen) atoms. The van der Waals surface area contributed by atoms with E-state index in [2.05, 4.69) is 31.1 Å². The smallest absolute Gasteiger partial charge is 0.256 e. The molecular formula is C27H29N6O2PRu. The van der Waals surface area contributed by atoms with Crippen molar-refractivity contribution < 1.29 is 28.5 Å². The van der Waals surface area contributed by atoms with Crippen molar-refractivity contribution in [1.82, 2.24) is 25.0 Å².